The molecule has 43 heavy (non-hydrogen) atoms. The van der Waals surface area contributed by atoms with Crippen LogP contribution >= 0.6 is 0 Å². The van der Waals surface area contributed by atoms with Crippen molar-refractivity contribution in [3.63, 3.8) is 0 Å². The Balaban J connectivity index is 1.94. The molecule has 0 spiro atoms. The van der Waals surface area contributed by atoms with Crippen LogP contribution in [0, 0.1) is 5.92 Å². The summed E-state index contributed by atoms with van der Waals surface area (Å²) in [7, 11) is 1.74. The summed E-state index contributed by atoms with van der Waals surface area (Å²) in [5, 5.41) is 15.9. The first kappa shape index (κ1) is 33.9. The molecule has 0 aromatic heterocycles. The molecule has 0 aliphatic carbocycles. The van der Waals surface area contributed by atoms with Gasteiger partial charge in [0.15, 0.2) is 0 Å². The van der Waals surface area contributed by atoms with Gasteiger partial charge in [-0.2, -0.15) is 0 Å². The van der Waals surface area contributed by atoms with E-state index < -0.39 is 6.04 Å². The number of urea groups is 1. The number of nitrogens with one attached hydrogen (secondary N) is 2. The largest absolute Gasteiger partial charge is 0.490 e. The lowest BCUT2D eigenvalue weighted by Gasteiger charge is -2.36. The second kappa shape index (κ2) is 16.3. The smallest absolute Gasteiger partial charge is 0.317 e. The van der Waals surface area contributed by atoms with E-state index in [1.54, 1.807) is 66.2 Å². The molecule has 0 saturated heterocycles. The minimum absolute atomic E-state index is 0.00227. The first-order valence-electron chi connectivity index (χ1n) is 15.2. The van der Waals surface area contributed by atoms with Crippen molar-refractivity contribution in [1.82, 2.24) is 15.1 Å². The van der Waals surface area contributed by atoms with Crippen molar-refractivity contribution in [1.29, 1.82) is 0 Å². The third-order valence-electron chi connectivity index (χ3n) is 7.56. The van der Waals surface area contributed by atoms with Crippen molar-refractivity contribution in [3.8, 4) is 5.75 Å². The number of aliphatic hydroxyl groups is 1. The van der Waals surface area contributed by atoms with Crippen LogP contribution in [0.3, 0.4) is 0 Å². The Morgan fingerprint density at radius 1 is 1.09 bits per heavy atom. The van der Waals surface area contributed by atoms with E-state index in [4.69, 9.17) is 9.47 Å². The molecular formula is C33H48N4O6. The lowest BCUT2D eigenvalue weighted by atomic mass is 10.0. The molecule has 0 bridgehead atoms. The highest BCUT2D eigenvalue weighted by Gasteiger charge is 2.31. The molecule has 4 amide bonds. The lowest BCUT2D eigenvalue weighted by Crippen LogP contribution is -2.49. The van der Waals surface area contributed by atoms with Gasteiger partial charge in [-0.15, -0.1) is 0 Å². The number of rotatable bonds is 7. The number of carbonyl (C=O) groups excluding carboxylic acids is 3. The predicted molar refractivity (Wildman–Crippen MR) is 168 cm³/mol. The number of benzene rings is 2. The van der Waals surface area contributed by atoms with E-state index in [1.165, 1.54) is 0 Å². The summed E-state index contributed by atoms with van der Waals surface area (Å²) in [4.78, 5) is 43.0. The Morgan fingerprint density at radius 3 is 2.49 bits per heavy atom. The molecule has 10 nitrogen and oxygen atoms in total. The first-order valence-corrected chi connectivity index (χ1v) is 15.2. The Morgan fingerprint density at radius 2 is 1.81 bits per heavy atom. The monoisotopic (exact) mass is 596 g/mol. The molecule has 0 saturated carbocycles. The normalized spacial score (nSPS) is 20.8. The summed E-state index contributed by atoms with van der Waals surface area (Å²) < 4.78 is 12.6. The number of nitrogens with zero attached hydrogens (tertiary/aromatic N) is 2. The van der Waals surface area contributed by atoms with Gasteiger partial charge < -0.3 is 35.0 Å². The SMILES string of the molecule is CC(C)NC(=O)N(C)C[C@H]1OCCCC[C@H](C)Oc2ccc(NC(=O)c3ccccc3)cc2C(=O)N([C@@H](C)CO)C[C@@H]1C. The number of carbonyl (C=O) groups is 3. The van der Waals surface area contributed by atoms with E-state index in [1.807, 2.05) is 33.8 Å². The van der Waals surface area contributed by atoms with Crippen molar-refractivity contribution in [2.24, 2.45) is 5.92 Å². The van der Waals surface area contributed by atoms with Crippen molar-refractivity contribution < 1.29 is 29.0 Å². The Labute approximate surface area is 255 Å². The highest BCUT2D eigenvalue weighted by atomic mass is 16.5. The molecular weight excluding hydrogens is 548 g/mol. The Hall–Kier alpha value is -3.63. The van der Waals surface area contributed by atoms with Gasteiger partial charge in [-0.25, -0.2) is 4.79 Å². The zero-order valence-corrected chi connectivity index (χ0v) is 26.3. The van der Waals surface area contributed by atoms with Gasteiger partial charge in [-0.3, -0.25) is 9.59 Å². The fourth-order valence-corrected chi connectivity index (χ4v) is 4.97. The summed E-state index contributed by atoms with van der Waals surface area (Å²) in [5.41, 5.74) is 1.26. The topological polar surface area (TPSA) is 120 Å². The molecule has 3 N–H and O–H groups in total. The third kappa shape index (κ3) is 9.96. The zero-order chi connectivity index (χ0) is 31.5. The highest BCUT2D eigenvalue weighted by Crippen LogP contribution is 2.29. The van der Waals surface area contributed by atoms with Gasteiger partial charge in [0, 0.05) is 50.0 Å². The third-order valence-corrected chi connectivity index (χ3v) is 7.56. The number of hydrogen-bond acceptors (Lipinski definition) is 6. The summed E-state index contributed by atoms with van der Waals surface area (Å²) in [5.74, 6) is -0.358. The van der Waals surface area contributed by atoms with E-state index >= 15 is 0 Å². The fraction of sp³-hybridized carbons (Fsp3) is 0.545. The maximum atomic E-state index is 14.2. The average Bonchev–Trinajstić information content (AvgIpc) is 2.98. The molecule has 2 aromatic carbocycles. The number of hydrogen-bond donors (Lipinski definition) is 3. The summed E-state index contributed by atoms with van der Waals surface area (Å²) >= 11 is 0. The minimum atomic E-state index is -0.502. The van der Waals surface area contributed by atoms with E-state index in [0.29, 0.717) is 35.7 Å². The van der Waals surface area contributed by atoms with Crippen LogP contribution in [0.2, 0.25) is 0 Å². The molecule has 4 atom stereocenters. The molecule has 236 valence electrons. The second-order valence-corrected chi connectivity index (χ2v) is 11.8. The number of fused-ring (bicyclic) bond motifs is 1. The van der Waals surface area contributed by atoms with Crippen molar-refractivity contribution in [2.75, 3.05) is 38.7 Å². The number of likely N-dealkylation sites (N-methyl/N-ethyl adjacent to an activating group) is 1. The molecule has 1 aliphatic heterocycles. The quantitative estimate of drug-likeness (QED) is 0.423. The zero-order valence-electron chi connectivity index (χ0n) is 26.3. The van der Waals surface area contributed by atoms with Gasteiger partial charge >= 0.3 is 6.03 Å². The van der Waals surface area contributed by atoms with E-state index in [9.17, 15) is 19.5 Å². The van der Waals surface area contributed by atoms with Gasteiger partial charge in [0.1, 0.15) is 5.75 Å². The minimum Gasteiger partial charge on any atom is -0.490 e. The van der Waals surface area contributed by atoms with Crippen LogP contribution in [0.4, 0.5) is 10.5 Å². The van der Waals surface area contributed by atoms with E-state index in [0.717, 1.165) is 19.3 Å². The molecule has 0 unspecified atom stereocenters. The number of aliphatic hydroxyl groups excluding tert-OH is 1. The maximum Gasteiger partial charge on any atom is 0.317 e. The van der Waals surface area contributed by atoms with Crippen LogP contribution in [0.15, 0.2) is 48.5 Å². The Bertz CT molecular complexity index is 1210. The number of ether oxygens (including phenoxy) is 2. The number of anilines is 1. The molecule has 2 aromatic rings. The number of amides is 4. The molecule has 0 fully saturated rings. The molecule has 1 heterocycles. The molecule has 1 aliphatic rings. The fourth-order valence-electron chi connectivity index (χ4n) is 4.97. The van der Waals surface area contributed by atoms with Gasteiger partial charge in [0.25, 0.3) is 11.8 Å². The molecule has 3 rings (SSSR count). The highest BCUT2D eigenvalue weighted by molar-refractivity contribution is 6.05. The van der Waals surface area contributed by atoms with Gasteiger partial charge in [-0.05, 0) is 77.3 Å². The summed E-state index contributed by atoms with van der Waals surface area (Å²) in [6.07, 6.45) is 1.96. The molecule has 0 radical (unpaired) electrons. The van der Waals surface area contributed by atoms with Gasteiger partial charge in [0.05, 0.1) is 30.4 Å². The van der Waals surface area contributed by atoms with E-state index in [2.05, 4.69) is 10.6 Å². The first-order chi connectivity index (χ1) is 20.5. The van der Waals surface area contributed by atoms with Gasteiger partial charge in [-0.1, -0.05) is 25.1 Å². The van der Waals surface area contributed by atoms with Gasteiger partial charge in [0.2, 0.25) is 0 Å². The van der Waals surface area contributed by atoms with Crippen LogP contribution in [-0.4, -0.2) is 90.4 Å². The summed E-state index contributed by atoms with van der Waals surface area (Å²) in [6.45, 7) is 10.5. The van der Waals surface area contributed by atoms with Crippen molar-refractivity contribution >= 4 is 23.5 Å². The average molecular weight is 597 g/mol. The maximum absolute atomic E-state index is 14.2. The van der Waals surface area contributed by atoms with Crippen LogP contribution in [0.1, 0.15) is 74.6 Å². The van der Waals surface area contributed by atoms with E-state index in [-0.39, 0.29) is 55.2 Å². The standard InChI is InChI=1S/C33H48N4O6/c1-22(2)34-33(41)36(6)20-30-23(3)19-37(24(4)21-38)32(40)28-18-27(35-31(39)26-13-8-7-9-14-26)15-16-29(28)43-25(5)12-10-11-17-42-30/h7-9,13-16,18,22-25,30,38H,10-12,17,19-21H2,1-6H3,(H,34,41)(H,35,39)/t23-,24-,25-,30+/m0/s1. The second-order valence-electron chi connectivity index (χ2n) is 11.8. The van der Waals surface area contributed by atoms with Crippen LogP contribution in [0.5, 0.6) is 5.75 Å². The Kier molecular flexibility index (Phi) is 12.8. The lowest BCUT2D eigenvalue weighted by molar-refractivity contribution is -0.0122. The van der Waals surface area contributed by atoms with Crippen LogP contribution in [-0.2, 0) is 4.74 Å². The van der Waals surface area contributed by atoms with Crippen molar-refractivity contribution in [2.45, 2.75) is 78.2 Å². The van der Waals surface area contributed by atoms with Crippen LogP contribution < -0.4 is 15.4 Å². The molecule has 10 heteroatoms. The summed E-state index contributed by atoms with van der Waals surface area (Å²) in [6, 6.07) is 13.3. The predicted octanol–water partition coefficient (Wildman–Crippen LogP) is 4.78. The van der Waals surface area contributed by atoms with Crippen LogP contribution in [0.25, 0.3) is 0 Å². The van der Waals surface area contributed by atoms with Crippen molar-refractivity contribution in [3.05, 3.63) is 59.7 Å².